The number of nitrogens with zero attached hydrogens (tertiary/aromatic N) is 5. The molecule has 1 unspecified atom stereocenters. The van der Waals surface area contributed by atoms with Crippen molar-refractivity contribution >= 4 is 11.8 Å². The van der Waals surface area contributed by atoms with Gasteiger partial charge < -0.3 is 20.0 Å². The lowest BCUT2D eigenvalue weighted by molar-refractivity contribution is 0.266. The van der Waals surface area contributed by atoms with E-state index in [9.17, 15) is 0 Å². The fourth-order valence-electron chi connectivity index (χ4n) is 4.00. The second kappa shape index (κ2) is 9.93. The predicted octanol–water partition coefficient (Wildman–Crippen LogP) is 2.42. The molecule has 0 radical (unpaired) electrons. The molecular formula is C21H36N6. The largest absolute Gasteiger partial charge is 0.357 e. The Balaban J connectivity index is 1.64. The minimum atomic E-state index is 0.706. The summed E-state index contributed by atoms with van der Waals surface area (Å²) in [4.78, 5) is 16.9. The Morgan fingerprint density at radius 1 is 1.22 bits per heavy atom. The van der Waals surface area contributed by atoms with Gasteiger partial charge in [0.05, 0.1) is 6.54 Å². The van der Waals surface area contributed by atoms with Crippen LogP contribution in [0.4, 0.5) is 5.82 Å². The quantitative estimate of drug-likeness (QED) is 0.635. The van der Waals surface area contributed by atoms with Gasteiger partial charge in [0.25, 0.3) is 0 Å². The third-order valence-corrected chi connectivity index (χ3v) is 5.66. The molecule has 2 saturated heterocycles. The molecule has 1 N–H and O–H groups in total. The Morgan fingerprint density at radius 2 is 2.04 bits per heavy atom. The maximum absolute atomic E-state index is 4.93. The fraction of sp³-hybridized carbons (Fsp3) is 0.714. The fourth-order valence-corrected chi connectivity index (χ4v) is 4.00. The zero-order chi connectivity index (χ0) is 19.1. The summed E-state index contributed by atoms with van der Waals surface area (Å²) in [5.41, 5.74) is 1.23. The molecule has 6 nitrogen and oxygen atoms in total. The first-order chi connectivity index (χ1) is 13.2. The number of likely N-dealkylation sites (tertiary alicyclic amines) is 1. The summed E-state index contributed by atoms with van der Waals surface area (Å²) in [7, 11) is 0. The molecule has 27 heavy (non-hydrogen) atoms. The highest BCUT2D eigenvalue weighted by Gasteiger charge is 2.19. The Hall–Kier alpha value is -1.82. The molecular weight excluding hydrogens is 336 g/mol. The van der Waals surface area contributed by atoms with E-state index in [2.05, 4.69) is 57.9 Å². The average molecular weight is 373 g/mol. The number of nitrogens with one attached hydrogen (secondary N) is 1. The normalized spacial score (nSPS) is 22.2. The van der Waals surface area contributed by atoms with E-state index in [1.807, 2.05) is 6.20 Å². The maximum atomic E-state index is 4.93. The number of rotatable bonds is 5. The minimum Gasteiger partial charge on any atom is -0.357 e. The Morgan fingerprint density at radius 3 is 2.74 bits per heavy atom. The van der Waals surface area contributed by atoms with E-state index in [0.717, 1.165) is 70.1 Å². The van der Waals surface area contributed by atoms with Crippen molar-refractivity contribution in [2.24, 2.45) is 10.9 Å². The monoisotopic (exact) mass is 372 g/mol. The van der Waals surface area contributed by atoms with Crippen LogP contribution in [0, 0.1) is 5.92 Å². The van der Waals surface area contributed by atoms with Gasteiger partial charge in [-0.05, 0) is 49.9 Å². The van der Waals surface area contributed by atoms with Crippen molar-refractivity contribution < 1.29 is 0 Å². The average Bonchev–Trinajstić information content (AvgIpc) is 2.71. The summed E-state index contributed by atoms with van der Waals surface area (Å²) in [6.45, 7) is 16.0. The summed E-state index contributed by atoms with van der Waals surface area (Å²) in [5.74, 6) is 2.89. The molecule has 0 aromatic carbocycles. The third-order valence-electron chi connectivity index (χ3n) is 5.66. The van der Waals surface area contributed by atoms with Gasteiger partial charge in [-0.3, -0.25) is 0 Å². The number of aliphatic imine (C=N–C) groups is 1. The zero-order valence-electron chi connectivity index (χ0n) is 17.3. The van der Waals surface area contributed by atoms with Gasteiger partial charge in [0.2, 0.25) is 0 Å². The zero-order valence-corrected chi connectivity index (χ0v) is 17.3. The first kappa shape index (κ1) is 19.9. The van der Waals surface area contributed by atoms with Crippen LogP contribution in [-0.4, -0.2) is 73.1 Å². The molecule has 0 saturated carbocycles. The van der Waals surface area contributed by atoms with E-state index >= 15 is 0 Å². The molecule has 1 aromatic heterocycles. The molecule has 2 fully saturated rings. The second-order valence-corrected chi connectivity index (χ2v) is 7.81. The molecule has 2 aliphatic heterocycles. The van der Waals surface area contributed by atoms with E-state index in [1.54, 1.807) is 0 Å². The van der Waals surface area contributed by atoms with Crippen molar-refractivity contribution in [2.45, 2.75) is 40.2 Å². The smallest absolute Gasteiger partial charge is 0.194 e. The van der Waals surface area contributed by atoms with Crippen LogP contribution < -0.4 is 10.2 Å². The van der Waals surface area contributed by atoms with E-state index in [-0.39, 0.29) is 0 Å². The standard InChI is InChI=1S/C21H36N6/c1-4-22-21(27-10-6-7-18(3)17-27)24-16-19-8-9-23-20(15-19)26-13-11-25(5-2)12-14-26/h8-9,15,18H,4-7,10-14,16-17H2,1-3H3,(H,22,24). The van der Waals surface area contributed by atoms with Crippen molar-refractivity contribution in [3.8, 4) is 0 Å². The summed E-state index contributed by atoms with van der Waals surface area (Å²) in [6, 6.07) is 4.31. The first-order valence-electron chi connectivity index (χ1n) is 10.6. The molecule has 6 heteroatoms. The summed E-state index contributed by atoms with van der Waals surface area (Å²) >= 11 is 0. The highest BCUT2D eigenvalue weighted by Crippen LogP contribution is 2.17. The SMILES string of the molecule is CCNC(=NCc1ccnc(N2CCN(CC)CC2)c1)N1CCCC(C)C1. The Bertz CT molecular complexity index is 608. The van der Waals surface area contributed by atoms with E-state index in [4.69, 9.17) is 4.99 Å². The van der Waals surface area contributed by atoms with Crippen LogP contribution in [0.2, 0.25) is 0 Å². The van der Waals surface area contributed by atoms with Gasteiger partial charge >= 0.3 is 0 Å². The summed E-state index contributed by atoms with van der Waals surface area (Å²) in [5, 5.41) is 3.48. The van der Waals surface area contributed by atoms with Crippen LogP contribution in [0.15, 0.2) is 23.3 Å². The number of likely N-dealkylation sites (N-methyl/N-ethyl adjacent to an activating group) is 1. The number of piperidine rings is 1. The highest BCUT2D eigenvalue weighted by molar-refractivity contribution is 5.80. The maximum Gasteiger partial charge on any atom is 0.194 e. The molecule has 0 amide bonds. The molecule has 0 aliphatic carbocycles. The number of piperazine rings is 1. The number of hydrogen-bond donors (Lipinski definition) is 1. The van der Waals surface area contributed by atoms with Crippen molar-refractivity contribution in [3.63, 3.8) is 0 Å². The number of hydrogen-bond acceptors (Lipinski definition) is 4. The molecule has 3 rings (SSSR count). The van der Waals surface area contributed by atoms with Crippen LogP contribution in [0.3, 0.4) is 0 Å². The summed E-state index contributed by atoms with van der Waals surface area (Å²) in [6.07, 6.45) is 4.52. The van der Waals surface area contributed by atoms with E-state index < -0.39 is 0 Å². The number of guanidine groups is 1. The predicted molar refractivity (Wildman–Crippen MR) is 113 cm³/mol. The lowest BCUT2D eigenvalue weighted by Gasteiger charge is -2.35. The van der Waals surface area contributed by atoms with Crippen LogP contribution >= 0.6 is 0 Å². The van der Waals surface area contributed by atoms with E-state index in [0.29, 0.717) is 6.54 Å². The number of aromatic nitrogens is 1. The van der Waals surface area contributed by atoms with Crippen molar-refractivity contribution in [3.05, 3.63) is 23.9 Å². The number of pyridine rings is 1. The molecule has 150 valence electrons. The molecule has 1 atom stereocenters. The Kier molecular flexibility index (Phi) is 7.33. The third kappa shape index (κ3) is 5.58. The van der Waals surface area contributed by atoms with Crippen molar-refractivity contribution in [1.29, 1.82) is 0 Å². The van der Waals surface area contributed by atoms with Crippen molar-refractivity contribution in [1.82, 2.24) is 20.1 Å². The first-order valence-corrected chi connectivity index (χ1v) is 10.6. The Labute approximate surface area is 164 Å². The van der Waals surface area contributed by atoms with Gasteiger partial charge in [-0.15, -0.1) is 0 Å². The lowest BCUT2D eigenvalue weighted by Crippen LogP contribution is -2.46. The molecule has 2 aliphatic rings. The van der Waals surface area contributed by atoms with Gasteiger partial charge in [-0.1, -0.05) is 13.8 Å². The van der Waals surface area contributed by atoms with Gasteiger partial charge in [0, 0.05) is 52.0 Å². The van der Waals surface area contributed by atoms with Crippen LogP contribution in [0.25, 0.3) is 0 Å². The van der Waals surface area contributed by atoms with Crippen LogP contribution in [-0.2, 0) is 6.54 Å². The summed E-state index contributed by atoms with van der Waals surface area (Å²) < 4.78 is 0. The van der Waals surface area contributed by atoms with Gasteiger partial charge in [-0.2, -0.15) is 0 Å². The lowest BCUT2D eigenvalue weighted by atomic mass is 10.0. The second-order valence-electron chi connectivity index (χ2n) is 7.81. The molecule has 0 bridgehead atoms. The highest BCUT2D eigenvalue weighted by atomic mass is 15.3. The molecule has 0 spiro atoms. The van der Waals surface area contributed by atoms with Crippen molar-refractivity contribution in [2.75, 3.05) is 57.3 Å². The minimum absolute atomic E-state index is 0.706. The van der Waals surface area contributed by atoms with Gasteiger partial charge in [0.15, 0.2) is 5.96 Å². The van der Waals surface area contributed by atoms with Crippen LogP contribution in [0.1, 0.15) is 39.2 Å². The van der Waals surface area contributed by atoms with Gasteiger partial charge in [0.1, 0.15) is 5.82 Å². The molecule has 1 aromatic rings. The number of anilines is 1. The topological polar surface area (TPSA) is 47.0 Å². The van der Waals surface area contributed by atoms with E-state index in [1.165, 1.54) is 18.4 Å². The van der Waals surface area contributed by atoms with Gasteiger partial charge in [-0.25, -0.2) is 9.98 Å². The van der Waals surface area contributed by atoms with Crippen LogP contribution in [0.5, 0.6) is 0 Å². The molecule has 3 heterocycles.